The molecule has 2 saturated heterocycles. The van der Waals surface area contributed by atoms with E-state index in [-0.39, 0.29) is 5.91 Å². The molecule has 2 fully saturated rings. The van der Waals surface area contributed by atoms with Crippen LogP contribution >= 0.6 is 0 Å². The maximum absolute atomic E-state index is 12.4. The molecule has 25 heavy (non-hydrogen) atoms. The van der Waals surface area contributed by atoms with Gasteiger partial charge in [0, 0.05) is 30.7 Å². The summed E-state index contributed by atoms with van der Waals surface area (Å²) in [5, 5.41) is 2.89. The van der Waals surface area contributed by atoms with Crippen molar-refractivity contribution in [2.75, 3.05) is 30.4 Å². The van der Waals surface area contributed by atoms with Gasteiger partial charge in [0.15, 0.2) is 0 Å². The minimum atomic E-state index is -0.114. The number of hydrogen-bond donors (Lipinski definition) is 1. The third kappa shape index (κ3) is 3.12. The highest BCUT2D eigenvalue weighted by atomic mass is 16.1. The molecule has 0 radical (unpaired) electrons. The van der Waals surface area contributed by atoms with Crippen LogP contribution in [0, 0.1) is 0 Å². The lowest BCUT2D eigenvalue weighted by atomic mass is 10.1. The summed E-state index contributed by atoms with van der Waals surface area (Å²) in [5.74, 6) is 0.481. The number of pyridine rings is 1. The number of aryl methyl sites for hydroxylation is 1. The number of carbonyl (C=O) groups is 1. The van der Waals surface area contributed by atoms with Gasteiger partial charge in [0.1, 0.15) is 5.82 Å². The molecule has 130 valence electrons. The van der Waals surface area contributed by atoms with Crippen LogP contribution in [0.4, 0.5) is 11.5 Å². The van der Waals surface area contributed by atoms with Gasteiger partial charge in [-0.1, -0.05) is 19.1 Å². The number of rotatable bonds is 4. The van der Waals surface area contributed by atoms with E-state index in [0.717, 1.165) is 30.8 Å². The van der Waals surface area contributed by atoms with Crippen molar-refractivity contribution in [3.05, 3.63) is 53.7 Å². The molecule has 1 N–H and O–H groups in total. The number of anilines is 2. The molecule has 5 heteroatoms. The molecule has 3 heterocycles. The molecule has 2 aliphatic rings. The predicted molar refractivity (Wildman–Crippen MR) is 100 cm³/mol. The molecule has 5 nitrogen and oxygen atoms in total. The lowest BCUT2D eigenvalue weighted by molar-refractivity contribution is 0.102. The normalized spacial score (nSPS) is 22.4. The van der Waals surface area contributed by atoms with Crippen LogP contribution in [-0.2, 0) is 6.42 Å². The Hall–Kier alpha value is -2.40. The van der Waals surface area contributed by atoms with Crippen LogP contribution in [0.15, 0.2) is 42.6 Å². The second-order valence-electron chi connectivity index (χ2n) is 7.04. The number of nitrogens with zero attached hydrogens (tertiary/aromatic N) is 3. The molecule has 2 bridgehead atoms. The van der Waals surface area contributed by atoms with Crippen LogP contribution in [0.5, 0.6) is 0 Å². The summed E-state index contributed by atoms with van der Waals surface area (Å²) in [6.07, 6.45) is 4.03. The van der Waals surface area contributed by atoms with E-state index in [4.69, 9.17) is 0 Å². The van der Waals surface area contributed by atoms with E-state index in [2.05, 4.69) is 40.1 Å². The number of aromatic nitrogens is 1. The number of likely N-dealkylation sites (N-methyl/N-ethyl adjacent to an activating group) is 1. The second kappa shape index (κ2) is 6.48. The summed E-state index contributed by atoms with van der Waals surface area (Å²) in [4.78, 5) is 21.7. The smallest absolute Gasteiger partial charge is 0.256 e. The van der Waals surface area contributed by atoms with Gasteiger partial charge >= 0.3 is 0 Å². The predicted octanol–water partition coefficient (Wildman–Crippen LogP) is 2.79. The van der Waals surface area contributed by atoms with Crippen molar-refractivity contribution in [2.24, 2.45) is 0 Å². The van der Waals surface area contributed by atoms with Crippen molar-refractivity contribution in [2.45, 2.75) is 31.8 Å². The quantitative estimate of drug-likeness (QED) is 0.933. The maximum Gasteiger partial charge on any atom is 0.256 e. The average Bonchev–Trinajstić information content (AvgIpc) is 3.22. The first-order valence-electron chi connectivity index (χ1n) is 8.97. The Kier molecular flexibility index (Phi) is 4.17. The topological polar surface area (TPSA) is 48.5 Å². The van der Waals surface area contributed by atoms with Crippen LogP contribution in [0.3, 0.4) is 0 Å². The summed E-state index contributed by atoms with van der Waals surface area (Å²) < 4.78 is 0. The first-order chi connectivity index (χ1) is 12.1. The summed E-state index contributed by atoms with van der Waals surface area (Å²) >= 11 is 0. The highest BCUT2D eigenvalue weighted by molar-refractivity contribution is 6.03. The fraction of sp³-hybridized carbons (Fsp3) is 0.400. The van der Waals surface area contributed by atoms with Gasteiger partial charge in [-0.2, -0.15) is 0 Å². The Labute approximate surface area is 148 Å². The number of nitrogens with one attached hydrogen (secondary N) is 1. The van der Waals surface area contributed by atoms with Gasteiger partial charge in [-0.25, -0.2) is 4.98 Å². The van der Waals surface area contributed by atoms with Gasteiger partial charge in [0.25, 0.3) is 5.91 Å². The van der Waals surface area contributed by atoms with Crippen molar-refractivity contribution >= 4 is 17.4 Å². The van der Waals surface area contributed by atoms with Gasteiger partial charge in [-0.05, 0) is 49.7 Å². The van der Waals surface area contributed by atoms with Crippen LogP contribution in [0.2, 0.25) is 0 Å². The van der Waals surface area contributed by atoms with E-state index in [0.29, 0.717) is 23.5 Å². The number of piperazine rings is 1. The first-order valence-corrected chi connectivity index (χ1v) is 8.97. The van der Waals surface area contributed by atoms with Crippen LogP contribution in [0.1, 0.15) is 29.3 Å². The Morgan fingerprint density at radius 1 is 1.24 bits per heavy atom. The highest BCUT2D eigenvalue weighted by Gasteiger charge is 2.41. The molecule has 2 aromatic rings. The molecule has 4 rings (SSSR count). The molecular weight excluding hydrogens is 312 g/mol. The lowest BCUT2D eigenvalue weighted by Crippen LogP contribution is -2.44. The molecule has 0 saturated carbocycles. The molecule has 2 unspecified atom stereocenters. The Bertz CT molecular complexity index is 772. The van der Waals surface area contributed by atoms with E-state index in [1.807, 2.05) is 36.5 Å². The number of hydrogen-bond acceptors (Lipinski definition) is 4. The van der Waals surface area contributed by atoms with Gasteiger partial charge in [0.2, 0.25) is 0 Å². The molecule has 1 aromatic carbocycles. The van der Waals surface area contributed by atoms with Crippen molar-refractivity contribution in [1.82, 2.24) is 9.88 Å². The number of amides is 1. The van der Waals surface area contributed by atoms with Crippen molar-refractivity contribution in [3.8, 4) is 0 Å². The van der Waals surface area contributed by atoms with E-state index in [9.17, 15) is 4.79 Å². The molecular formula is C20H24N4O. The number of fused-ring (bicyclic) bond motifs is 2. The summed E-state index contributed by atoms with van der Waals surface area (Å²) in [7, 11) is 2.20. The Morgan fingerprint density at radius 2 is 2.12 bits per heavy atom. The fourth-order valence-electron chi connectivity index (χ4n) is 3.93. The molecule has 1 aromatic heterocycles. The zero-order chi connectivity index (χ0) is 17.4. The largest absolute Gasteiger partial charge is 0.364 e. The summed E-state index contributed by atoms with van der Waals surface area (Å²) in [5.41, 5.74) is 2.97. The Morgan fingerprint density at radius 3 is 2.76 bits per heavy atom. The van der Waals surface area contributed by atoms with E-state index in [1.165, 1.54) is 6.42 Å². The summed E-state index contributed by atoms with van der Waals surface area (Å²) in [6.45, 7) is 4.27. The third-order valence-electron chi connectivity index (χ3n) is 5.43. The molecule has 0 spiro atoms. The zero-order valence-corrected chi connectivity index (χ0v) is 14.8. The monoisotopic (exact) mass is 336 g/mol. The van der Waals surface area contributed by atoms with Crippen molar-refractivity contribution < 1.29 is 4.79 Å². The maximum atomic E-state index is 12.4. The van der Waals surface area contributed by atoms with Gasteiger partial charge in [-0.3, -0.25) is 9.69 Å². The molecule has 1 amide bonds. The van der Waals surface area contributed by atoms with Gasteiger partial charge in [-0.15, -0.1) is 0 Å². The minimum Gasteiger partial charge on any atom is -0.364 e. The van der Waals surface area contributed by atoms with Gasteiger partial charge in [0.05, 0.1) is 11.9 Å². The fourth-order valence-corrected chi connectivity index (χ4v) is 3.93. The van der Waals surface area contributed by atoms with Crippen LogP contribution < -0.4 is 10.2 Å². The molecule has 2 aliphatic heterocycles. The van der Waals surface area contributed by atoms with Gasteiger partial charge < -0.3 is 10.2 Å². The van der Waals surface area contributed by atoms with Crippen molar-refractivity contribution in [3.63, 3.8) is 0 Å². The van der Waals surface area contributed by atoms with E-state index < -0.39 is 0 Å². The number of benzene rings is 1. The van der Waals surface area contributed by atoms with Crippen LogP contribution in [-0.4, -0.2) is 48.0 Å². The average molecular weight is 336 g/mol. The minimum absolute atomic E-state index is 0.114. The summed E-state index contributed by atoms with van der Waals surface area (Å²) in [6, 6.07) is 12.9. The Balaban J connectivity index is 1.43. The molecule has 0 aliphatic carbocycles. The molecule has 2 atom stereocenters. The zero-order valence-electron chi connectivity index (χ0n) is 14.8. The lowest BCUT2D eigenvalue weighted by Gasteiger charge is -2.33. The highest BCUT2D eigenvalue weighted by Crippen LogP contribution is 2.33. The third-order valence-corrected chi connectivity index (χ3v) is 5.43. The standard InChI is InChI=1S/C20H24N4O/c1-3-14-5-4-6-15(9-14)20(25)22-19-8-7-16(11-21-19)24-13-17-10-18(24)12-23(17)2/h4-9,11,17-18H,3,10,12-13H2,1-2H3,(H,21,22,25). The number of likely N-dealkylation sites (tertiary alicyclic amines) is 1. The SMILES string of the molecule is CCc1cccc(C(=O)Nc2ccc(N3CC4CC3CN4C)cn2)c1. The van der Waals surface area contributed by atoms with Crippen molar-refractivity contribution in [1.29, 1.82) is 0 Å². The van der Waals surface area contributed by atoms with Crippen LogP contribution in [0.25, 0.3) is 0 Å². The second-order valence-corrected chi connectivity index (χ2v) is 7.04. The van der Waals surface area contributed by atoms with E-state index >= 15 is 0 Å². The first kappa shape index (κ1) is 16.1. The van der Waals surface area contributed by atoms with E-state index in [1.54, 1.807) is 0 Å². The number of carbonyl (C=O) groups excluding carboxylic acids is 1.